The van der Waals surface area contributed by atoms with Crippen molar-refractivity contribution in [3.8, 4) is 5.75 Å². The van der Waals surface area contributed by atoms with Crippen molar-refractivity contribution in [2.75, 3.05) is 0 Å². The van der Waals surface area contributed by atoms with Gasteiger partial charge in [0.15, 0.2) is 0 Å². The van der Waals surface area contributed by atoms with E-state index >= 15 is 0 Å². The van der Waals surface area contributed by atoms with Crippen LogP contribution >= 0.6 is 0 Å². The van der Waals surface area contributed by atoms with Gasteiger partial charge in [-0.1, -0.05) is 36.4 Å². The molecule has 1 unspecified atom stereocenters. The van der Waals surface area contributed by atoms with E-state index in [4.69, 9.17) is 4.42 Å². The van der Waals surface area contributed by atoms with Gasteiger partial charge in [-0.3, -0.25) is 0 Å². The highest BCUT2D eigenvalue weighted by atomic mass is 19.4. The molecular weight excluding hydrogens is 361 g/mol. The van der Waals surface area contributed by atoms with Gasteiger partial charge in [-0.05, 0) is 25.1 Å². The summed E-state index contributed by atoms with van der Waals surface area (Å²) in [5.74, 6) is 0.225. The second-order valence-corrected chi connectivity index (χ2v) is 5.89. The van der Waals surface area contributed by atoms with Gasteiger partial charge >= 0.3 is 12.4 Å². The largest absolute Gasteiger partial charge is 0.573 e. The van der Waals surface area contributed by atoms with Crippen LogP contribution < -0.4 is 15.4 Å². The number of furan rings is 1. The Morgan fingerprint density at radius 3 is 2.59 bits per heavy atom. The Morgan fingerprint density at radius 2 is 1.85 bits per heavy atom. The van der Waals surface area contributed by atoms with Crippen molar-refractivity contribution in [3.63, 3.8) is 0 Å². The van der Waals surface area contributed by atoms with Crippen LogP contribution in [0.2, 0.25) is 0 Å². The monoisotopic (exact) mass is 378 g/mol. The summed E-state index contributed by atoms with van der Waals surface area (Å²) in [7, 11) is 0. The molecule has 0 radical (unpaired) electrons. The van der Waals surface area contributed by atoms with Crippen LogP contribution in [0, 0.1) is 0 Å². The number of halogens is 3. The van der Waals surface area contributed by atoms with E-state index < -0.39 is 18.4 Å². The molecule has 142 valence electrons. The van der Waals surface area contributed by atoms with E-state index in [0.717, 1.165) is 5.39 Å². The number of nitrogens with one attached hydrogen (secondary N) is 2. The second kappa shape index (κ2) is 7.61. The molecule has 0 saturated heterocycles. The summed E-state index contributed by atoms with van der Waals surface area (Å²) in [6.07, 6.45) is -4.80. The number of para-hydroxylation sites is 2. The Hall–Kier alpha value is -3.16. The molecule has 5 nitrogen and oxygen atoms in total. The predicted octanol–water partition coefficient (Wildman–Crippen LogP) is 4.89. The summed E-state index contributed by atoms with van der Waals surface area (Å²) in [5.41, 5.74) is 0.918. The van der Waals surface area contributed by atoms with Crippen molar-refractivity contribution in [2.24, 2.45) is 0 Å². The molecule has 27 heavy (non-hydrogen) atoms. The first-order valence-corrected chi connectivity index (χ1v) is 8.18. The van der Waals surface area contributed by atoms with Gasteiger partial charge in [-0.25, -0.2) is 4.79 Å². The van der Waals surface area contributed by atoms with Crippen LogP contribution in [-0.2, 0) is 6.54 Å². The Balaban J connectivity index is 1.60. The summed E-state index contributed by atoms with van der Waals surface area (Å²) in [6.45, 7) is 1.63. The van der Waals surface area contributed by atoms with Crippen LogP contribution in [0.3, 0.4) is 0 Å². The molecule has 2 N–H and O–H groups in total. The number of hydrogen-bond donors (Lipinski definition) is 2. The average Bonchev–Trinajstić information content (AvgIpc) is 3.04. The predicted molar refractivity (Wildman–Crippen MR) is 93.1 cm³/mol. The molecule has 1 atom stereocenters. The molecule has 0 aliphatic heterocycles. The lowest BCUT2D eigenvalue weighted by Gasteiger charge is -2.15. The first kappa shape index (κ1) is 18.6. The molecule has 0 aliphatic rings. The zero-order valence-electron chi connectivity index (χ0n) is 14.3. The molecule has 1 aromatic heterocycles. The SMILES string of the molecule is CC(NC(=O)NCc1ccccc1OC(F)(F)F)c1cc2ccccc2o1. The Labute approximate surface area is 153 Å². The van der Waals surface area contributed by atoms with Crippen molar-refractivity contribution in [1.29, 1.82) is 0 Å². The minimum Gasteiger partial charge on any atom is -0.459 e. The molecular formula is C19H17F3N2O3. The molecule has 2 aromatic carbocycles. The van der Waals surface area contributed by atoms with Gasteiger partial charge in [0.1, 0.15) is 17.1 Å². The molecule has 3 aromatic rings. The summed E-state index contributed by atoms with van der Waals surface area (Å²) in [6, 6.07) is 14.0. The number of amides is 2. The molecule has 3 rings (SSSR count). The van der Waals surface area contributed by atoms with E-state index in [1.165, 1.54) is 18.2 Å². The third-order valence-corrected chi connectivity index (χ3v) is 3.86. The maximum Gasteiger partial charge on any atom is 0.573 e. The number of ether oxygens (including phenoxy) is 1. The molecule has 8 heteroatoms. The van der Waals surface area contributed by atoms with Gasteiger partial charge in [0.2, 0.25) is 0 Å². The molecule has 0 spiro atoms. The van der Waals surface area contributed by atoms with Gasteiger partial charge in [-0.15, -0.1) is 13.2 Å². The van der Waals surface area contributed by atoms with Gasteiger partial charge in [-0.2, -0.15) is 0 Å². The lowest BCUT2D eigenvalue weighted by Crippen LogP contribution is -2.36. The lowest BCUT2D eigenvalue weighted by atomic mass is 10.2. The van der Waals surface area contributed by atoms with Gasteiger partial charge < -0.3 is 19.8 Å². The van der Waals surface area contributed by atoms with Crippen LogP contribution in [0.25, 0.3) is 11.0 Å². The third kappa shape index (κ3) is 4.93. The van der Waals surface area contributed by atoms with Crippen LogP contribution in [0.1, 0.15) is 24.3 Å². The number of rotatable bonds is 5. The highest BCUT2D eigenvalue weighted by molar-refractivity contribution is 5.78. The van der Waals surface area contributed by atoms with Crippen molar-refractivity contribution < 1.29 is 27.1 Å². The number of carbonyl (C=O) groups excluding carboxylic acids is 1. The molecule has 0 saturated carbocycles. The van der Waals surface area contributed by atoms with E-state index in [-0.39, 0.29) is 17.9 Å². The smallest absolute Gasteiger partial charge is 0.459 e. The van der Waals surface area contributed by atoms with Crippen LogP contribution in [0.4, 0.5) is 18.0 Å². The number of alkyl halides is 3. The zero-order chi connectivity index (χ0) is 19.4. The van der Waals surface area contributed by atoms with Gasteiger partial charge in [0.05, 0.1) is 6.04 Å². The highest BCUT2D eigenvalue weighted by Gasteiger charge is 2.32. The van der Waals surface area contributed by atoms with E-state index in [9.17, 15) is 18.0 Å². The van der Waals surface area contributed by atoms with E-state index in [2.05, 4.69) is 15.4 Å². The van der Waals surface area contributed by atoms with Crippen molar-refractivity contribution >= 4 is 17.0 Å². The summed E-state index contributed by atoms with van der Waals surface area (Å²) in [4.78, 5) is 12.1. The maximum absolute atomic E-state index is 12.4. The summed E-state index contributed by atoms with van der Waals surface area (Å²) in [5, 5.41) is 6.13. The minimum absolute atomic E-state index is 0.120. The Kier molecular flexibility index (Phi) is 5.25. The van der Waals surface area contributed by atoms with Crippen LogP contribution in [0.15, 0.2) is 59.0 Å². The highest BCUT2D eigenvalue weighted by Crippen LogP contribution is 2.26. The lowest BCUT2D eigenvalue weighted by molar-refractivity contribution is -0.274. The Bertz CT molecular complexity index is 904. The number of urea groups is 1. The third-order valence-electron chi connectivity index (χ3n) is 3.86. The fraction of sp³-hybridized carbons (Fsp3) is 0.211. The van der Waals surface area contributed by atoms with E-state index in [0.29, 0.717) is 11.3 Å². The number of hydrogen-bond acceptors (Lipinski definition) is 3. The summed E-state index contributed by atoms with van der Waals surface area (Å²) < 4.78 is 46.9. The average molecular weight is 378 g/mol. The summed E-state index contributed by atoms with van der Waals surface area (Å²) >= 11 is 0. The molecule has 0 bridgehead atoms. The minimum atomic E-state index is -4.80. The Morgan fingerprint density at radius 1 is 1.15 bits per heavy atom. The first-order valence-electron chi connectivity index (χ1n) is 8.18. The van der Waals surface area contributed by atoms with Gasteiger partial charge in [0, 0.05) is 17.5 Å². The van der Waals surface area contributed by atoms with Gasteiger partial charge in [0.25, 0.3) is 0 Å². The first-order chi connectivity index (χ1) is 12.8. The molecule has 1 heterocycles. The topological polar surface area (TPSA) is 63.5 Å². The van der Waals surface area contributed by atoms with Crippen molar-refractivity contribution in [3.05, 3.63) is 65.9 Å². The van der Waals surface area contributed by atoms with E-state index in [1.807, 2.05) is 30.3 Å². The molecule has 0 fully saturated rings. The molecule has 2 amide bonds. The quantitative estimate of drug-likeness (QED) is 0.664. The van der Waals surface area contributed by atoms with Crippen LogP contribution in [0.5, 0.6) is 5.75 Å². The van der Waals surface area contributed by atoms with Crippen molar-refractivity contribution in [1.82, 2.24) is 10.6 Å². The standard InChI is InChI=1S/C19H17F3N2O3/c1-12(17-10-13-6-2-4-8-15(13)26-17)24-18(25)23-11-14-7-3-5-9-16(14)27-19(20,21)22/h2-10,12H,11H2,1H3,(H2,23,24,25). The maximum atomic E-state index is 12.4. The zero-order valence-corrected chi connectivity index (χ0v) is 14.3. The van der Waals surface area contributed by atoms with Crippen LogP contribution in [-0.4, -0.2) is 12.4 Å². The fourth-order valence-electron chi connectivity index (χ4n) is 2.58. The number of benzene rings is 2. The number of fused-ring (bicyclic) bond motifs is 1. The van der Waals surface area contributed by atoms with E-state index in [1.54, 1.807) is 13.0 Å². The van der Waals surface area contributed by atoms with Crippen molar-refractivity contribution in [2.45, 2.75) is 25.9 Å². The fourth-order valence-corrected chi connectivity index (χ4v) is 2.58. The molecule has 0 aliphatic carbocycles. The second-order valence-electron chi connectivity index (χ2n) is 5.89. The number of carbonyl (C=O) groups is 1. The normalized spacial score (nSPS) is 12.6.